The Morgan fingerprint density at radius 3 is 2.33 bits per heavy atom. The van der Waals surface area contributed by atoms with E-state index in [1.165, 1.54) is 7.11 Å². The Balaban J connectivity index is 2.85. The number of hydrogen-bond acceptors (Lipinski definition) is 4. The van der Waals surface area contributed by atoms with Crippen molar-refractivity contribution in [1.82, 2.24) is 5.32 Å². The predicted octanol–water partition coefficient (Wildman–Crippen LogP) is 1.78. The highest BCUT2D eigenvalue weighted by molar-refractivity contribution is 5.80. The molecule has 0 bridgehead atoms. The van der Waals surface area contributed by atoms with Crippen LogP contribution in [0.1, 0.15) is 19.4 Å². The van der Waals surface area contributed by atoms with Crippen molar-refractivity contribution in [2.45, 2.75) is 25.8 Å². The summed E-state index contributed by atoms with van der Waals surface area (Å²) in [5.74, 6) is 0.558. The van der Waals surface area contributed by atoms with Crippen molar-refractivity contribution in [2.75, 3.05) is 20.8 Å². The molecular weight excluding hydrogens is 230 g/mol. The molecule has 0 radical (unpaired) electrons. The van der Waals surface area contributed by atoms with E-state index in [2.05, 4.69) is 5.32 Å². The van der Waals surface area contributed by atoms with Crippen LogP contribution in [-0.2, 0) is 16.0 Å². The van der Waals surface area contributed by atoms with E-state index in [0.717, 1.165) is 11.3 Å². The molecule has 0 aromatic heterocycles. The molecule has 1 atom stereocenters. The summed E-state index contributed by atoms with van der Waals surface area (Å²) in [6, 6.07) is 7.69. The first kappa shape index (κ1) is 14.5. The van der Waals surface area contributed by atoms with Crippen molar-refractivity contribution in [3.05, 3.63) is 29.8 Å². The molecule has 0 amide bonds. The van der Waals surface area contributed by atoms with E-state index in [1.54, 1.807) is 7.11 Å². The number of carbonyl (C=O) groups excluding carboxylic acids is 1. The number of ether oxygens (including phenoxy) is 2. The van der Waals surface area contributed by atoms with Crippen LogP contribution in [-0.4, -0.2) is 32.3 Å². The molecule has 1 unspecified atom stereocenters. The number of carbonyl (C=O) groups is 1. The Morgan fingerprint density at radius 1 is 1.28 bits per heavy atom. The van der Waals surface area contributed by atoms with Crippen LogP contribution in [0.3, 0.4) is 0 Å². The average Bonchev–Trinajstić information content (AvgIpc) is 2.39. The Morgan fingerprint density at radius 2 is 1.89 bits per heavy atom. The smallest absolute Gasteiger partial charge is 0.326 e. The summed E-state index contributed by atoms with van der Waals surface area (Å²) in [6.07, 6.45) is 0.581. The normalized spacial score (nSPS) is 13.8. The van der Waals surface area contributed by atoms with Crippen LogP contribution < -0.4 is 10.1 Å². The summed E-state index contributed by atoms with van der Waals surface area (Å²) in [4.78, 5) is 11.8. The Bertz CT molecular complexity index is 389. The van der Waals surface area contributed by atoms with Gasteiger partial charge < -0.3 is 14.8 Å². The van der Waals surface area contributed by atoms with Crippen molar-refractivity contribution in [1.29, 1.82) is 0 Å². The highest BCUT2D eigenvalue weighted by atomic mass is 16.5. The number of esters is 1. The summed E-state index contributed by atoms with van der Waals surface area (Å²) < 4.78 is 9.97. The minimum Gasteiger partial charge on any atom is -0.497 e. The van der Waals surface area contributed by atoms with E-state index >= 15 is 0 Å². The number of benzene rings is 1. The van der Waals surface area contributed by atoms with Crippen molar-refractivity contribution in [3.8, 4) is 5.75 Å². The van der Waals surface area contributed by atoms with Crippen molar-refractivity contribution in [2.24, 2.45) is 0 Å². The predicted molar refractivity (Wildman–Crippen MR) is 70.8 cm³/mol. The second kappa shape index (κ2) is 6.40. The molecule has 0 saturated heterocycles. The second-order valence-corrected chi connectivity index (χ2v) is 4.38. The third-order valence-electron chi connectivity index (χ3n) is 2.92. The lowest BCUT2D eigenvalue weighted by Gasteiger charge is -2.27. The Kier molecular flexibility index (Phi) is 5.16. The van der Waals surface area contributed by atoms with Crippen molar-refractivity contribution in [3.63, 3.8) is 0 Å². The van der Waals surface area contributed by atoms with Gasteiger partial charge in [0.1, 0.15) is 11.3 Å². The van der Waals surface area contributed by atoms with Gasteiger partial charge >= 0.3 is 5.97 Å². The van der Waals surface area contributed by atoms with E-state index in [0.29, 0.717) is 13.0 Å². The largest absolute Gasteiger partial charge is 0.497 e. The maximum absolute atomic E-state index is 11.8. The molecule has 0 spiro atoms. The fraction of sp³-hybridized carbons (Fsp3) is 0.500. The van der Waals surface area contributed by atoms with Gasteiger partial charge in [0.05, 0.1) is 14.2 Å². The SMILES string of the molecule is CCNC(C)(Cc1ccc(OC)cc1)C(=O)OC. The maximum atomic E-state index is 11.8. The molecule has 0 fully saturated rings. The zero-order chi connectivity index (χ0) is 13.6. The second-order valence-electron chi connectivity index (χ2n) is 4.38. The monoisotopic (exact) mass is 251 g/mol. The highest BCUT2D eigenvalue weighted by Crippen LogP contribution is 2.18. The molecule has 0 aliphatic heterocycles. The number of nitrogens with one attached hydrogen (secondary N) is 1. The van der Waals surface area contributed by atoms with Crippen LogP contribution in [0.2, 0.25) is 0 Å². The summed E-state index contributed by atoms with van der Waals surface area (Å²) >= 11 is 0. The minimum atomic E-state index is -0.696. The lowest BCUT2D eigenvalue weighted by atomic mass is 9.92. The van der Waals surface area contributed by atoms with Gasteiger partial charge in [-0.3, -0.25) is 4.79 Å². The van der Waals surface area contributed by atoms with Gasteiger partial charge in [-0.25, -0.2) is 0 Å². The summed E-state index contributed by atoms with van der Waals surface area (Å²) in [5.41, 5.74) is 0.364. The van der Waals surface area contributed by atoms with Crippen LogP contribution in [0.15, 0.2) is 24.3 Å². The molecule has 1 N–H and O–H groups in total. The molecule has 1 aromatic carbocycles. The van der Waals surface area contributed by atoms with Crippen molar-refractivity contribution >= 4 is 5.97 Å². The van der Waals surface area contributed by atoms with E-state index in [-0.39, 0.29) is 5.97 Å². The Labute approximate surface area is 108 Å². The van der Waals surface area contributed by atoms with Gasteiger partial charge in [-0.2, -0.15) is 0 Å². The summed E-state index contributed by atoms with van der Waals surface area (Å²) in [6.45, 7) is 4.53. The topological polar surface area (TPSA) is 47.6 Å². The van der Waals surface area contributed by atoms with Crippen LogP contribution >= 0.6 is 0 Å². The van der Waals surface area contributed by atoms with Gasteiger partial charge in [0, 0.05) is 6.42 Å². The molecule has 4 heteroatoms. The average molecular weight is 251 g/mol. The first-order valence-corrected chi connectivity index (χ1v) is 6.02. The van der Waals surface area contributed by atoms with E-state index < -0.39 is 5.54 Å². The fourth-order valence-corrected chi connectivity index (χ4v) is 1.97. The minimum absolute atomic E-state index is 0.250. The van der Waals surface area contributed by atoms with Crippen LogP contribution in [0.5, 0.6) is 5.75 Å². The third kappa shape index (κ3) is 3.47. The third-order valence-corrected chi connectivity index (χ3v) is 2.92. The van der Waals surface area contributed by atoms with E-state index in [1.807, 2.05) is 38.1 Å². The highest BCUT2D eigenvalue weighted by Gasteiger charge is 2.33. The lowest BCUT2D eigenvalue weighted by Crippen LogP contribution is -2.51. The first-order chi connectivity index (χ1) is 8.55. The molecule has 1 aromatic rings. The van der Waals surface area contributed by atoms with Crippen molar-refractivity contribution < 1.29 is 14.3 Å². The van der Waals surface area contributed by atoms with Gasteiger partial charge in [-0.15, -0.1) is 0 Å². The van der Waals surface area contributed by atoms with Gasteiger partial charge in [0.2, 0.25) is 0 Å². The fourth-order valence-electron chi connectivity index (χ4n) is 1.97. The van der Waals surface area contributed by atoms with Crippen LogP contribution in [0, 0.1) is 0 Å². The van der Waals surface area contributed by atoms with Gasteiger partial charge in [0.15, 0.2) is 0 Å². The lowest BCUT2D eigenvalue weighted by molar-refractivity contribution is -0.147. The Hall–Kier alpha value is -1.55. The standard InChI is InChI=1S/C14H21NO3/c1-5-15-14(2,13(16)18-4)10-11-6-8-12(17-3)9-7-11/h6-9,15H,5,10H2,1-4H3. The molecule has 0 saturated carbocycles. The van der Waals surface area contributed by atoms with E-state index in [4.69, 9.17) is 9.47 Å². The summed E-state index contributed by atoms with van der Waals surface area (Å²) in [5, 5.41) is 3.18. The number of rotatable bonds is 6. The molecule has 100 valence electrons. The summed E-state index contributed by atoms with van der Waals surface area (Å²) in [7, 11) is 3.04. The molecule has 1 rings (SSSR count). The van der Waals surface area contributed by atoms with E-state index in [9.17, 15) is 4.79 Å². The molecule has 0 aliphatic rings. The van der Waals surface area contributed by atoms with Gasteiger partial charge in [-0.05, 0) is 31.2 Å². The maximum Gasteiger partial charge on any atom is 0.326 e. The zero-order valence-electron chi connectivity index (χ0n) is 11.4. The van der Waals surface area contributed by atoms with Crippen LogP contribution in [0.25, 0.3) is 0 Å². The number of likely N-dealkylation sites (N-methyl/N-ethyl adjacent to an activating group) is 1. The first-order valence-electron chi connectivity index (χ1n) is 6.02. The number of methoxy groups -OCH3 is 2. The molecular formula is C14H21NO3. The molecule has 0 heterocycles. The molecule has 0 aliphatic carbocycles. The van der Waals surface area contributed by atoms with Gasteiger partial charge in [-0.1, -0.05) is 19.1 Å². The zero-order valence-corrected chi connectivity index (χ0v) is 11.4. The molecule has 18 heavy (non-hydrogen) atoms. The van der Waals surface area contributed by atoms with Gasteiger partial charge in [0.25, 0.3) is 0 Å². The quantitative estimate of drug-likeness (QED) is 0.783. The van der Waals surface area contributed by atoms with Crippen LogP contribution in [0.4, 0.5) is 0 Å². The number of hydrogen-bond donors (Lipinski definition) is 1. The molecule has 4 nitrogen and oxygen atoms in total.